The molecule has 0 aliphatic rings. The topological polar surface area (TPSA) is 78.3 Å². The Kier molecular flexibility index (Phi) is 4.11. The number of primary amides is 1. The predicted octanol–water partition coefficient (Wildman–Crippen LogP) is 1.33. The van der Waals surface area contributed by atoms with Crippen LogP contribution in [0.2, 0.25) is 0 Å². The van der Waals surface area contributed by atoms with E-state index in [1.807, 2.05) is 12.1 Å². The molecule has 0 fully saturated rings. The van der Waals surface area contributed by atoms with E-state index >= 15 is 0 Å². The Hall–Kier alpha value is -1.07. The molecule has 0 spiro atoms. The van der Waals surface area contributed by atoms with Gasteiger partial charge in [0.15, 0.2) is 0 Å². The Morgan fingerprint density at radius 2 is 2.27 bits per heavy atom. The van der Waals surface area contributed by atoms with Crippen LogP contribution in [0.3, 0.4) is 0 Å². The first-order valence-electron chi connectivity index (χ1n) is 4.42. The van der Waals surface area contributed by atoms with Crippen LogP contribution in [-0.4, -0.2) is 13.0 Å². The Labute approximate surface area is 96.7 Å². The van der Waals surface area contributed by atoms with Crippen molar-refractivity contribution >= 4 is 21.8 Å². The van der Waals surface area contributed by atoms with Gasteiger partial charge in [-0.25, -0.2) is 0 Å². The maximum absolute atomic E-state index is 10.8. The summed E-state index contributed by atoms with van der Waals surface area (Å²) in [5, 5.41) is 0. The fourth-order valence-electron chi connectivity index (χ4n) is 1.32. The molecule has 1 amide bonds. The number of rotatable bonds is 4. The van der Waals surface area contributed by atoms with Crippen molar-refractivity contribution in [3.8, 4) is 5.75 Å². The first-order valence-corrected chi connectivity index (χ1v) is 5.21. The third kappa shape index (κ3) is 3.21. The van der Waals surface area contributed by atoms with Crippen LogP contribution in [0.4, 0.5) is 0 Å². The number of carbonyl (C=O) groups excluding carboxylic acids is 1. The van der Waals surface area contributed by atoms with Crippen LogP contribution in [0.25, 0.3) is 0 Å². The van der Waals surface area contributed by atoms with Gasteiger partial charge in [-0.3, -0.25) is 4.79 Å². The van der Waals surface area contributed by atoms with Crippen molar-refractivity contribution in [1.29, 1.82) is 0 Å². The average Bonchev–Trinajstić information content (AvgIpc) is 2.16. The van der Waals surface area contributed by atoms with Gasteiger partial charge in [0.2, 0.25) is 5.91 Å². The molecule has 4 N–H and O–H groups in total. The third-order valence-corrected chi connectivity index (χ3v) is 2.51. The van der Waals surface area contributed by atoms with Gasteiger partial charge in [-0.15, -0.1) is 0 Å². The minimum Gasteiger partial charge on any atom is -0.496 e. The summed E-state index contributed by atoms with van der Waals surface area (Å²) in [6.45, 7) is 0. The summed E-state index contributed by atoms with van der Waals surface area (Å²) in [5.41, 5.74) is 11.7. The van der Waals surface area contributed by atoms with Crippen molar-refractivity contribution in [2.75, 3.05) is 7.11 Å². The molecule has 0 unspecified atom stereocenters. The highest BCUT2D eigenvalue weighted by atomic mass is 79.9. The lowest BCUT2D eigenvalue weighted by atomic mass is 10.0. The second-order valence-electron chi connectivity index (χ2n) is 3.16. The van der Waals surface area contributed by atoms with E-state index in [4.69, 9.17) is 16.2 Å². The molecular weight excluding hydrogens is 260 g/mol. The molecule has 1 rings (SSSR count). The second kappa shape index (κ2) is 5.14. The van der Waals surface area contributed by atoms with Crippen LogP contribution in [0.1, 0.15) is 18.0 Å². The van der Waals surface area contributed by atoms with Gasteiger partial charge in [0.25, 0.3) is 0 Å². The number of halogens is 1. The molecule has 0 radical (unpaired) electrons. The molecule has 15 heavy (non-hydrogen) atoms. The maximum atomic E-state index is 10.8. The molecule has 0 aromatic heterocycles. The van der Waals surface area contributed by atoms with Crippen molar-refractivity contribution in [1.82, 2.24) is 0 Å². The number of hydrogen-bond donors (Lipinski definition) is 2. The van der Waals surface area contributed by atoms with Crippen molar-refractivity contribution in [3.63, 3.8) is 0 Å². The van der Waals surface area contributed by atoms with E-state index in [9.17, 15) is 4.79 Å². The quantitative estimate of drug-likeness (QED) is 0.868. The van der Waals surface area contributed by atoms with E-state index in [1.54, 1.807) is 13.2 Å². The summed E-state index contributed by atoms with van der Waals surface area (Å²) in [5.74, 6) is 0.233. The van der Waals surface area contributed by atoms with Crippen molar-refractivity contribution in [3.05, 3.63) is 28.2 Å². The largest absolute Gasteiger partial charge is 0.496 e. The highest BCUT2D eigenvalue weighted by Gasteiger charge is 2.14. The molecule has 0 aliphatic carbocycles. The highest BCUT2D eigenvalue weighted by molar-refractivity contribution is 9.10. The van der Waals surface area contributed by atoms with E-state index in [0.29, 0.717) is 5.75 Å². The van der Waals surface area contributed by atoms with Gasteiger partial charge in [0, 0.05) is 22.5 Å². The Morgan fingerprint density at radius 1 is 1.60 bits per heavy atom. The van der Waals surface area contributed by atoms with Gasteiger partial charge in [-0.1, -0.05) is 15.9 Å². The van der Waals surface area contributed by atoms with Crippen LogP contribution in [-0.2, 0) is 4.79 Å². The first kappa shape index (κ1) is 12.0. The minimum atomic E-state index is -0.435. The van der Waals surface area contributed by atoms with Gasteiger partial charge >= 0.3 is 0 Å². The summed E-state index contributed by atoms with van der Waals surface area (Å²) in [6.07, 6.45) is 0.104. The van der Waals surface area contributed by atoms with Gasteiger partial charge in [0.05, 0.1) is 7.11 Å². The van der Waals surface area contributed by atoms with Crippen molar-refractivity contribution < 1.29 is 9.53 Å². The van der Waals surface area contributed by atoms with E-state index in [1.165, 1.54) is 0 Å². The van der Waals surface area contributed by atoms with E-state index in [2.05, 4.69) is 15.9 Å². The van der Waals surface area contributed by atoms with E-state index < -0.39 is 11.9 Å². The maximum Gasteiger partial charge on any atom is 0.219 e. The molecule has 1 aromatic carbocycles. The SMILES string of the molecule is COc1ccc(Br)cc1[C@@H](N)CC(N)=O. The van der Waals surface area contributed by atoms with E-state index in [-0.39, 0.29) is 6.42 Å². The van der Waals surface area contributed by atoms with Crippen LogP contribution < -0.4 is 16.2 Å². The van der Waals surface area contributed by atoms with Gasteiger partial charge in [-0.2, -0.15) is 0 Å². The Morgan fingerprint density at radius 3 is 2.80 bits per heavy atom. The summed E-state index contributed by atoms with van der Waals surface area (Å²) >= 11 is 3.33. The molecule has 0 bridgehead atoms. The zero-order chi connectivity index (χ0) is 11.4. The number of benzene rings is 1. The van der Waals surface area contributed by atoms with Gasteiger partial charge in [0.1, 0.15) is 5.75 Å². The number of carbonyl (C=O) groups is 1. The number of ether oxygens (including phenoxy) is 1. The van der Waals surface area contributed by atoms with Crippen LogP contribution in [0, 0.1) is 0 Å². The van der Waals surface area contributed by atoms with Crippen molar-refractivity contribution in [2.24, 2.45) is 11.5 Å². The van der Waals surface area contributed by atoms with E-state index in [0.717, 1.165) is 10.0 Å². The standard InChI is InChI=1S/C10H13BrN2O2/c1-15-9-3-2-6(11)4-7(9)8(12)5-10(13)14/h2-4,8H,5,12H2,1H3,(H2,13,14)/t8-/m0/s1. The zero-order valence-corrected chi connectivity index (χ0v) is 9.95. The smallest absolute Gasteiger partial charge is 0.219 e. The Bertz CT molecular complexity index is 368. The Balaban J connectivity index is 2.99. The lowest BCUT2D eigenvalue weighted by Gasteiger charge is -2.14. The van der Waals surface area contributed by atoms with Gasteiger partial charge < -0.3 is 16.2 Å². The number of methoxy groups -OCH3 is 1. The van der Waals surface area contributed by atoms with Gasteiger partial charge in [-0.05, 0) is 18.2 Å². The van der Waals surface area contributed by atoms with Crippen LogP contribution >= 0.6 is 15.9 Å². The summed E-state index contributed by atoms with van der Waals surface area (Å²) in [4.78, 5) is 10.8. The molecule has 0 aliphatic heterocycles. The number of amides is 1. The fourth-order valence-corrected chi connectivity index (χ4v) is 1.70. The molecule has 0 heterocycles. The lowest BCUT2D eigenvalue weighted by molar-refractivity contribution is -0.118. The fraction of sp³-hybridized carbons (Fsp3) is 0.300. The lowest BCUT2D eigenvalue weighted by Crippen LogP contribution is -2.21. The molecule has 1 aromatic rings. The van der Waals surface area contributed by atoms with Crippen molar-refractivity contribution in [2.45, 2.75) is 12.5 Å². The summed E-state index contributed by atoms with van der Waals surface area (Å²) < 4.78 is 6.04. The predicted molar refractivity (Wildman–Crippen MR) is 61.4 cm³/mol. The third-order valence-electron chi connectivity index (χ3n) is 2.01. The molecule has 0 saturated heterocycles. The number of nitrogens with two attached hydrogens (primary N) is 2. The average molecular weight is 273 g/mol. The minimum absolute atomic E-state index is 0.104. The molecule has 82 valence electrons. The molecular formula is C10H13BrN2O2. The molecule has 4 nitrogen and oxygen atoms in total. The molecule has 0 saturated carbocycles. The highest BCUT2D eigenvalue weighted by Crippen LogP contribution is 2.28. The second-order valence-corrected chi connectivity index (χ2v) is 4.08. The monoisotopic (exact) mass is 272 g/mol. The normalized spacial score (nSPS) is 12.2. The summed E-state index contributed by atoms with van der Waals surface area (Å²) in [6, 6.07) is 5.03. The van der Waals surface area contributed by atoms with Crippen LogP contribution in [0.5, 0.6) is 5.75 Å². The van der Waals surface area contributed by atoms with Crippen LogP contribution in [0.15, 0.2) is 22.7 Å². The zero-order valence-electron chi connectivity index (χ0n) is 8.37. The molecule has 1 atom stereocenters. The number of hydrogen-bond acceptors (Lipinski definition) is 3. The first-order chi connectivity index (χ1) is 7.04. The summed E-state index contributed by atoms with van der Waals surface area (Å²) in [7, 11) is 1.56. The molecule has 5 heteroatoms.